The summed E-state index contributed by atoms with van der Waals surface area (Å²) in [6.45, 7) is 0. The highest BCUT2D eigenvalue weighted by molar-refractivity contribution is 5.86. The minimum atomic E-state index is -0.241. The molecule has 2 N–H and O–H groups in total. The Morgan fingerprint density at radius 2 is 2.44 bits per heavy atom. The zero-order valence-corrected chi connectivity index (χ0v) is 9.35. The number of hydrogen-bond donors (Lipinski definition) is 1. The molecular weight excluding hydrogens is 204 g/mol. The van der Waals surface area contributed by atoms with Crippen LogP contribution < -0.4 is 5.73 Å². The molecule has 4 heteroatoms. The second-order valence-electron chi connectivity index (χ2n) is 4.23. The summed E-state index contributed by atoms with van der Waals surface area (Å²) in [5.74, 6) is 1.01. The second kappa shape index (κ2) is 4.61. The number of ketones is 1. The predicted molar refractivity (Wildman–Crippen MR) is 60.9 cm³/mol. The topological polar surface area (TPSA) is 65.2 Å². The molecule has 0 saturated heterocycles. The van der Waals surface area contributed by atoms with Crippen molar-refractivity contribution in [1.29, 1.82) is 0 Å². The van der Waals surface area contributed by atoms with Crippen molar-refractivity contribution in [2.45, 2.75) is 25.4 Å². The molecule has 2 rings (SSSR count). The van der Waals surface area contributed by atoms with E-state index in [0.717, 1.165) is 18.4 Å². The molecule has 1 saturated carbocycles. The molecule has 0 radical (unpaired) electrons. The fraction of sp³-hybridized carbons (Fsp3) is 0.500. The van der Waals surface area contributed by atoms with Gasteiger partial charge in [-0.3, -0.25) is 4.79 Å². The molecule has 1 aliphatic carbocycles. The van der Waals surface area contributed by atoms with E-state index in [1.54, 1.807) is 19.4 Å². The van der Waals surface area contributed by atoms with Crippen molar-refractivity contribution in [2.24, 2.45) is 5.92 Å². The van der Waals surface area contributed by atoms with Crippen LogP contribution in [-0.4, -0.2) is 24.0 Å². The number of aromatic nitrogens is 1. The van der Waals surface area contributed by atoms with Crippen LogP contribution in [0.15, 0.2) is 18.3 Å². The Hall–Kier alpha value is -1.42. The first kappa shape index (κ1) is 11.1. The summed E-state index contributed by atoms with van der Waals surface area (Å²) in [6.07, 6.45) is 3.96. The molecule has 1 aliphatic rings. The van der Waals surface area contributed by atoms with Crippen LogP contribution in [0.2, 0.25) is 0 Å². The van der Waals surface area contributed by atoms with Gasteiger partial charge in [0.25, 0.3) is 0 Å². The van der Waals surface area contributed by atoms with E-state index in [4.69, 9.17) is 10.5 Å². The minimum absolute atomic E-state index is 0.135. The summed E-state index contributed by atoms with van der Waals surface area (Å²) >= 11 is 0. The quantitative estimate of drug-likeness (QED) is 0.809. The first-order chi connectivity index (χ1) is 7.70. The zero-order chi connectivity index (χ0) is 11.5. The van der Waals surface area contributed by atoms with Crippen molar-refractivity contribution >= 4 is 11.6 Å². The predicted octanol–water partition coefficient (Wildman–Crippen LogP) is 1.20. The molecule has 1 aromatic heterocycles. The van der Waals surface area contributed by atoms with Gasteiger partial charge in [-0.05, 0) is 36.5 Å². The Morgan fingerprint density at radius 3 is 3.00 bits per heavy atom. The molecular formula is C12H16N2O2. The lowest BCUT2D eigenvalue weighted by atomic mass is 10.0. The number of hydrogen-bond acceptors (Lipinski definition) is 4. The average Bonchev–Trinajstić information content (AvgIpc) is 3.03. The highest BCUT2D eigenvalue weighted by atomic mass is 16.5. The van der Waals surface area contributed by atoms with Gasteiger partial charge in [0.05, 0.1) is 0 Å². The van der Waals surface area contributed by atoms with Gasteiger partial charge < -0.3 is 10.5 Å². The summed E-state index contributed by atoms with van der Waals surface area (Å²) in [5.41, 5.74) is 6.46. The van der Waals surface area contributed by atoms with Gasteiger partial charge in [-0.1, -0.05) is 0 Å². The summed E-state index contributed by atoms with van der Waals surface area (Å²) in [5, 5.41) is 0. The van der Waals surface area contributed by atoms with Crippen LogP contribution in [0.25, 0.3) is 0 Å². The Kier molecular flexibility index (Phi) is 3.19. The number of anilines is 1. The molecule has 1 atom stereocenters. The van der Waals surface area contributed by atoms with Gasteiger partial charge >= 0.3 is 0 Å². The molecule has 4 nitrogen and oxygen atoms in total. The van der Waals surface area contributed by atoms with Gasteiger partial charge in [0.1, 0.15) is 11.9 Å². The number of methoxy groups -OCH3 is 1. The van der Waals surface area contributed by atoms with Crippen molar-refractivity contribution in [3.05, 3.63) is 23.9 Å². The molecule has 1 fully saturated rings. The fourth-order valence-electron chi connectivity index (χ4n) is 1.89. The second-order valence-corrected chi connectivity index (χ2v) is 4.23. The molecule has 0 spiro atoms. The van der Waals surface area contributed by atoms with Crippen LogP contribution in [-0.2, 0) is 16.0 Å². The number of nitrogens with two attached hydrogens (primary N) is 1. The van der Waals surface area contributed by atoms with E-state index in [1.165, 1.54) is 0 Å². The van der Waals surface area contributed by atoms with Crippen LogP contribution in [0.1, 0.15) is 18.4 Å². The molecule has 0 amide bonds. The molecule has 1 heterocycles. The van der Waals surface area contributed by atoms with Gasteiger partial charge in [-0.15, -0.1) is 0 Å². The largest absolute Gasteiger partial charge is 0.384 e. The van der Waals surface area contributed by atoms with Crippen LogP contribution in [0.3, 0.4) is 0 Å². The lowest BCUT2D eigenvalue weighted by molar-refractivity contribution is -0.129. The van der Waals surface area contributed by atoms with E-state index in [2.05, 4.69) is 4.98 Å². The smallest absolute Gasteiger partial charge is 0.166 e. The molecule has 1 aromatic rings. The van der Waals surface area contributed by atoms with E-state index in [9.17, 15) is 4.79 Å². The number of ether oxygens (including phenoxy) is 1. The molecule has 0 aliphatic heterocycles. The maximum absolute atomic E-state index is 12.0. The standard InChI is InChI=1S/C12H16N2O2/c1-16-12(9-2-3-9)10(15)6-8-4-5-14-11(13)7-8/h4-5,7,9,12H,2-3,6H2,1H3,(H2,13,14). The van der Waals surface area contributed by atoms with Gasteiger partial charge in [0.2, 0.25) is 0 Å². The lowest BCUT2D eigenvalue weighted by Gasteiger charge is -2.12. The Labute approximate surface area is 94.8 Å². The monoisotopic (exact) mass is 220 g/mol. The Bertz CT molecular complexity index is 388. The van der Waals surface area contributed by atoms with Gasteiger partial charge in [-0.25, -0.2) is 4.98 Å². The SMILES string of the molecule is COC(C(=O)Cc1ccnc(N)c1)C1CC1. The molecule has 0 aromatic carbocycles. The molecule has 0 bridgehead atoms. The van der Waals surface area contributed by atoms with Crippen molar-refractivity contribution in [3.63, 3.8) is 0 Å². The number of carbonyl (C=O) groups is 1. The number of pyridine rings is 1. The van der Waals surface area contributed by atoms with Crippen LogP contribution in [0, 0.1) is 5.92 Å². The van der Waals surface area contributed by atoms with Gasteiger partial charge in [0.15, 0.2) is 5.78 Å². The maximum Gasteiger partial charge on any atom is 0.166 e. The fourth-order valence-corrected chi connectivity index (χ4v) is 1.89. The molecule has 86 valence electrons. The van der Waals surface area contributed by atoms with E-state index in [-0.39, 0.29) is 11.9 Å². The van der Waals surface area contributed by atoms with E-state index in [0.29, 0.717) is 18.2 Å². The van der Waals surface area contributed by atoms with Crippen molar-refractivity contribution in [3.8, 4) is 0 Å². The van der Waals surface area contributed by atoms with E-state index >= 15 is 0 Å². The normalized spacial score (nSPS) is 17.1. The van der Waals surface area contributed by atoms with Gasteiger partial charge in [0, 0.05) is 19.7 Å². The van der Waals surface area contributed by atoms with Crippen LogP contribution in [0.5, 0.6) is 0 Å². The van der Waals surface area contributed by atoms with Crippen LogP contribution in [0.4, 0.5) is 5.82 Å². The maximum atomic E-state index is 12.0. The Balaban J connectivity index is 2.00. The lowest BCUT2D eigenvalue weighted by Crippen LogP contribution is -2.26. The summed E-state index contributed by atoms with van der Waals surface area (Å²) in [7, 11) is 1.60. The van der Waals surface area contributed by atoms with E-state index < -0.39 is 0 Å². The molecule has 16 heavy (non-hydrogen) atoms. The van der Waals surface area contributed by atoms with Crippen molar-refractivity contribution in [2.75, 3.05) is 12.8 Å². The first-order valence-electron chi connectivity index (χ1n) is 5.46. The highest BCUT2D eigenvalue weighted by Gasteiger charge is 2.35. The minimum Gasteiger partial charge on any atom is -0.384 e. The first-order valence-corrected chi connectivity index (χ1v) is 5.46. The third-order valence-corrected chi connectivity index (χ3v) is 2.85. The summed E-state index contributed by atoms with van der Waals surface area (Å²) < 4.78 is 5.24. The summed E-state index contributed by atoms with van der Waals surface area (Å²) in [4.78, 5) is 15.8. The number of carbonyl (C=O) groups excluding carboxylic acids is 1. The van der Waals surface area contributed by atoms with Gasteiger partial charge in [-0.2, -0.15) is 0 Å². The van der Waals surface area contributed by atoms with E-state index in [1.807, 2.05) is 6.07 Å². The third-order valence-electron chi connectivity index (χ3n) is 2.85. The zero-order valence-electron chi connectivity index (χ0n) is 9.35. The number of nitrogens with zero attached hydrogens (tertiary/aromatic N) is 1. The van der Waals surface area contributed by atoms with Crippen molar-refractivity contribution in [1.82, 2.24) is 4.98 Å². The number of Topliss-reactive ketones (excluding diaryl/α,β-unsaturated/α-hetero) is 1. The van der Waals surface area contributed by atoms with Crippen LogP contribution >= 0.6 is 0 Å². The van der Waals surface area contributed by atoms with Crippen molar-refractivity contribution < 1.29 is 9.53 Å². The summed E-state index contributed by atoms with van der Waals surface area (Å²) in [6, 6.07) is 3.55. The number of nitrogen functional groups attached to an aromatic ring is 1. The molecule has 1 unspecified atom stereocenters. The number of rotatable bonds is 5. The third kappa shape index (κ3) is 2.58. The Morgan fingerprint density at radius 1 is 1.69 bits per heavy atom. The average molecular weight is 220 g/mol. The highest BCUT2D eigenvalue weighted by Crippen LogP contribution is 2.34.